The van der Waals surface area contributed by atoms with E-state index in [-0.39, 0.29) is 11.8 Å². The number of rotatable bonds is 2. The van der Waals surface area contributed by atoms with Crippen molar-refractivity contribution >= 4 is 11.6 Å². The van der Waals surface area contributed by atoms with Gasteiger partial charge in [0.1, 0.15) is 0 Å². The third kappa shape index (κ3) is 1.88. The second kappa shape index (κ2) is 4.25. The quantitative estimate of drug-likeness (QED) is 0.808. The van der Waals surface area contributed by atoms with Crippen LogP contribution in [0.15, 0.2) is 34.9 Å². The van der Waals surface area contributed by atoms with Gasteiger partial charge in [0.05, 0.1) is 5.92 Å². The number of benzene rings is 1. The van der Waals surface area contributed by atoms with Gasteiger partial charge in [-0.3, -0.25) is 4.79 Å². The Morgan fingerprint density at radius 2 is 2.11 bits per heavy atom. The van der Waals surface area contributed by atoms with Crippen LogP contribution in [0.4, 0.5) is 5.69 Å². The Kier molecular flexibility index (Phi) is 2.59. The summed E-state index contributed by atoms with van der Waals surface area (Å²) in [4.78, 5) is 18.0. The number of amides is 1. The average Bonchev–Trinajstić information content (AvgIpc) is 2.97. The topological polar surface area (TPSA) is 59.2 Å². The van der Waals surface area contributed by atoms with Gasteiger partial charge in [-0.25, -0.2) is 0 Å². The molecule has 0 aliphatic carbocycles. The largest absolute Gasteiger partial charge is 0.339 e. The third-order valence-corrected chi connectivity index (χ3v) is 3.09. The van der Waals surface area contributed by atoms with Crippen molar-refractivity contribution in [3.63, 3.8) is 0 Å². The summed E-state index contributed by atoms with van der Waals surface area (Å²) in [7, 11) is 0. The lowest BCUT2D eigenvalue weighted by Crippen LogP contribution is -2.24. The van der Waals surface area contributed by atoms with E-state index < -0.39 is 0 Å². The molecule has 1 aliphatic heterocycles. The predicted octanol–water partition coefficient (Wildman–Crippen LogP) is 1.90. The fourth-order valence-corrected chi connectivity index (χ4v) is 2.21. The normalized spacial score (nSPS) is 19.5. The highest BCUT2D eigenvalue weighted by molar-refractivity contribution is 5.96. The zero-order valence-electron chi connectivity index (χ0n) is 10.0. The smallest absolute Gasteiger partial charge is 0.232 e. The molecule has 18 heavy (non-hydrogen) atoms. The number of hydrogen-bond donors (Lipinski definition) is 0. The molecule has 92 valence electrons. The maximum atomic E-state index is 12.0. The molecule has 0 spiro atoms. The van der Waals surface area contributed by atoms with Gasteiger partial charge in [-0.1, -0.05) is 23.4 Å². The molecule has 3 rings (SSSR count). The first kappa shape index (κ1) is 11.0. The summed E-state index contributed by atoms with van der Waals surface area (Å²) in [5.74, 6) is 1.26. The molecule has 0 saturated carbocycles. The summed E-state index contributed by atoms with van der Waals surface area (Å²) >= 11 is 0. The van der Waals surface area contributed by atoms with E-state index in [4.69, 9.17) is 4.52 Å². The molecule has 1 atom stereocenters. The van der Waals surface area contributed by atoms with Crippen LogP contribution < -0.4 is 4.90 Å². The minimum atomic E-state index is -0.00101. The van der Waals surface area contributed by atoms with Crippen molar-refractivity contribution in [2.75, 3.05) is 11.4 Å². The van der Waals surface area contributed by atoms with Gasteiger partial charge in [0.25, 0.3) is 0 Å². The van der Waals surface area contributed by atoms with Crippen molar-refractivity contribution in [3.05, 3.63) is 42.0 Å². The van der Waals surface area contributed by atoms with Crippen LogP contribution in [-0.2, 0) is 4.79 Å². The average molecular weight is 243 g/mol. The lowest BCUT2D eigenvalue weighted by atomic mass is 10.1. The number of aryl methyl sites for hydroxylation is 1. The first-order chi connectivity index (χ1) is 8.74. The first-order valence-electron chi connectivity index (χ1n) is 5.89. The molecule has 2 aromatic rings. The molecule has 1 aliphatic rings. The Balaban J connectivity index is 1.83. The van der Waals surface area contributed by atoms with Crippen LogP contribution in [0.1, 0.15) is 24.1 Å². The number of nitrogens with zero attached hydrogens (tertiary/aromatic N) is 3. The molecule has 5 heteroatoms. The van der Waals surface area contributed by atoms with Gasteiger partial charge in [-0.2, -0.15) is 4.98 Å². The van der Waals surface area contributed by atoms with Crippen molar-refractivity contribution < 1.29 is 9.32 Å². The standard InChI is InChI=1S/C13H13N3O2/c1-9-14-13(18-15-9)10-7-12(17)16(8-10)11-5-3-2-4-6-11/h2-6,10H,7-8H2,1H3/t10-/m1/s1. The molecule has 1 aromatic heterocycles. The maximum Gasteiger partial charge on any atom is 0.232 e. The van der Waals surface area contributed by atoms with E-state index in [0.29, 0.717) is 24.7 Å². The van der Waals surface area contributed by atoms with E-state index in [9.17, 15) is 4.79 Å². The molecule has 5 nitrogen and oxygen atoms in total. The van der Waals surface area contributed by atoms with Gasteiger partial charge in [0.2, 0.25) is 11.8 Å². The van der Waals surface area contributed by atoms with E-state index in [1.165, 1.54) is 0 Å². The number of carbonyl (C=O) groups excluding carboxylic acids is 1. The fraction of sp³-hybridized carbons (Fsp3) is 0.308. The number of hydrogen-bond acceptors (Lipinski definition) is 4. The number of anilines is 1. The van der Waals surface area contributed by atoms with Crippen molar-refractivity contribution in [2.45, 2.75) is 19.3 Å². The Labute approximate surface area is 104 Å². The van der Waals surface area contributed by atoms with Crippen LogP contribution in [0.3, 0.4) is 0 Å². The maximum absolute atomic E-state index is 12.0. The zero-order valence-corrected chi connectivity index (χ0v) is 10.0. The van der Waals surface area contributed by atoms with Crippen LogP contribution in [-0.4, -0.2) is 22.6 Å². The Bertz CT molecular complexity index is 565. The minimum Gasteiger partial charge on any atom is -0.339 e. The molecule has 0 unspecified atom stereocenters. The summed E-state index contributed by atoms with van der Waals surface area (Å²) in [6.45, 7) is 2.38. The van der Waals surface area contributed by atoms with Crippen LogP contribution in [0, 0.1) is 6.92 Å². The lowest BCUT2D eigenvalue weighted by Gasteiger charge is -2.15. The Hall–Kier alpha value is -2.17. The van der Waals surface area contributed by atoms with E-state index in [2.05, 4.69) is 10.1 Å². The SMILES string of the molecule is Cc1noc([C@@H]2CC(=O)N(c3ccccc3)C2)n1. The van der Waals surface area contributed by atoms with Gasteiger partial charge in [-0.05, 0) is 19.1 Å². The lowest BCUT2D eigenvalue weighted by molar-refractivity contribution is -0.117. The van der Waals surface area contributed by atoms with Crippen molar-refractivity contribution in [2.24, 2.45) is 0 Å². The minimum absolute atomic E-state index is 0.00101. The first-order valence-corrected chi connectivity index (χ1v) is 5.89. The molecule has 0 bridgehead atoms. The highest BCUT2D eigenvalue weighted by Crippen LogP contribution is 2.30. The van der Waals surface area contributed by atoms with Gasteiger partial charge < -0.3 is 9.42 Å². The van der Waals surface area contributed by atoms with Crippen LogP contribution in [0.2, 0.25) is 0 Å². The molecular formula is C13H13N3O2. The highest BCUT2D eigenvalue weighted by atomic mass is 16.5. The van der Waals surface area contributed by atoms with E-state index in [1.807, 2.05) is 30.3 Å². The van der Waals surface area contributed by atoms with Crippen molar-refractivity contribution in [3.8, 4) is 0 Å². The van der Waals surface area contributed by atoms with Crippen LogP contribution in [0.25, 0.3) is 0 Å². The van der Waals surface area contributed by atoms with Gasteiger partial charge in [0.15, 0.2) is 5.82 Å². The summed E-state index contributed by atoms with van der Waals surface area (Å²) in [5.41, 5.74) is 0.918. The summed E-state index contributed by atoms with van der Waals surface area (Å²) < 4.78 is 5.14. The molecule has 2 heterocycles. The van der Waals surface area contributed by atoms with Gasteiger partial charge in [0, 0.05) is 18.7 Å². The second-order valence-electron chi connectivity index (χ2n) is 4.42. The van der Waals surface area contributed by atoms with Gasteiger partial charge in [-0.15, -0.1) is 0 Å². The Morgan fingerprint density at radius 3 is 2.78 bits per heavy atom. The summed E-state index contributed by atoms with van der Waals surface area (Å²) in [6.07, 6.45) is 0.427. The fourth-order valence-electron chi connectivity index (χ4n) is 2.21. The van der Waals surface area contributed by atoms with E-state index in [0.717, 1.165) is 5.69 Å². The molecule has 1 fully saturated rings. The van der Waals surface area contributed by atoms with E-state index in [1.54, 1.807) is 11.8 Å². The monoisotopic (exact) mass is 243 g/mol. The zero-order chi connectivity index (χ0) is 12.5. The molecule has 0 radical (unpaired) electrons. The number of carbonyl (C=O) groups is 1. The molecule has 1 aromatic carbocycles. The van der Waals surface area contributed by atoms with Crippen molar-refractivity contribution in [1.82, 2.24) is 10.1 Å². The predicted molar refractivity (Wildman–Crippen MR) is 65.2 cm³/mol. The summed E-state index contributed by atoms with van der Waals surface area (Å²) in [5, 5.41) is 3.77. The van der Waals surface area contributed by atoms with Crippen LogP contribution in [0.5, 0.6) is 0 Å². The summed E-state index contributed by atoms with van der Waals surface area (Å²) in [6, 6.07) is 9.64. The third-order valence-electron chi connectivity index (χ3n) is 3.09. The second-order valence-corrected chi connectivity index (χ2v) is 4.42. The Morgan fingerprint density at radius 1 is 1.33 bits per heavy atom. The van der Waals surface area contributed by atoms with E-state index >= 15 is 0 Å². The number of aromatic nitrogens is 2. The molecular weight excluding hydrogens is 230 g/mol. The van der Waals surface area contributed by atoms with Crippen LogP contribution >= 0.6 is 0 Å². The molecule has 1 saturated heterocycles. The molecule has 0 N–H and O–H groups in total. The molecule has 1 amide bonds. The highest BCUT2D eigenvalue weighted by Gasteiger charge is 2.34. The van der Waals surface area contributed by atoms with Gasteiger partial charge >= 0.3 is 0 Å². The van der Waals surface area contributed by atoms with Crippen molar-refractivity contribution in [1.29, 1.82) is 0 Å². The number of para-hydroxylation sites is 1.